The lowest BCUT2D eigenvalue weighted by Crippen LogP contribution is -2.55. The number of carbonyl (C=O) groups is 2. The molecule has 8 nitrogen and oxygen atoms in total. The third kappa shape index (κ3) is 3.36. The number of piperidine rings is 1. The van der Waals surface area contributed by atoms with E-state index in [4.69, 9.17) is 0 Å². The third-order valence-electron chi connectivity index (χ3n) is 4.90. The van der Waals surface area contributed by atoms with Gasteiger partial charge in [-0.1, -0.05) is 20.8 Å². The SMILES string of the molecule is Cn1ccc(NC(=O)C2(n3ccnc3)CCN(C(=O)C(C)(C)C)CC2)n1. The highest BCUT2D eigenvalue weighted by Gasteiger charge is 2.45. The van der Waals surface area contributed by atoms with E-state index in [0.29, 0.717) is 31.7 Å². The first-order valence-electron chi connectivity index (χ1n) is 8.81. The van der Waals surface area contributed by atoms with Gasteiger partial charge in [-0.15, -0.1) is 0 Å². The van der Waals surface area contributed by atoms with E-state index in [-0.39, 0.29) is 11.8 Å². The van der Waals surface area contributed by atoms with E-state index in [0.717, 1.165) is 0 Å². The highest BCUT2D eigenvalue weighted by atomic mass is 16.2. The molecule has 0 saturated carbocycles. The molecule has 26 heavy (non-hydrogen) atoms. The second-order valence-electron chi connectivity index (χ2n) is 7.87. The largest absolute Gasteiger partial charge is 0.342 e. The maximum atomic E-state index is 13.2. The number of imidazole rings is 1. The number of nitrogens with one attached hydrogen (secondary N) is 1. The van der Waals surface area contributed by atoms with E-state index >= 15 is 0 Å². The Morgan fingerprint density at radius 2 is 1.88 bits per heavy atom. The summed E-state index contributed by atoms with van der Waals surface area (Å²) in [6, 6.07) is 1.76. The molecule has 1 aliphatic rings. The number of carbonyl (C=O) groups excluding carboxylic acids is 2. The summed E-state index contributed by atoms with van der Waals surface area (Å²) in [5.41, 5.74) is -1.20. The van der Waals surface area contributed by atoms with E-state index in [1.807, 2.05) is 30.2 Å². The summed E-state index contributed by atoms with van der Waals surface area (Å²) in [6.45, 7) is 6.82. The van der Waals surface area contributed by atoms with Crippen molar-refractivity contribution >= 4 is 17.6 Å². The Labute approximate surface area is 153 Å². The molecule has 2 aromatic rings. The molecule has 3 rings (SSSR count). The molecule has 0 bridgehead atoms. The van der Waals surface area contributed by atoms with Crippen molar-refractivity contribution in [2.24, 2.45) is 12.5 Å². The van der Waals surface area contributed by atoms with Crippen LogP contribution in [0.3, 0.4) is 0 Å². The molecule has 1 fully saturated rings. The second kappa shape index (κ2) is 6.59. The van der Waals surface area contributed by atoms with E-state index in [9.17, 15) is 9.59 Å². The Bertz CT molecular complexity index is 779. The Hall–Kier alpha value is -2.64. The Kier molecular flexibility index (Phi) is 4.60. The average molecular weight is 358 g/mol. The van der Waals surface area contributed by atoms with Gasteiger partial charge in [-0.3, -0.25) is 14.3 Å². The number of aryl methyl sites for hydroxylation is 1. The van der Waals surface area contributed by atoms with Gasteiger partial charge in [-0.25, -0.2) is 4.98 Å². The van der Waals surface area contributed by atoms with Gasteiger partial charge in [-0.05, 0) is 12.8 Å². The highest BCUT2D eigenvalue weighted by molar-refractivity contribution is 5.96. The van der Waals surface area contributed by atoms with Gasteiger partial charge in [0, 0.05) is 50.2 Å². The van der Waals surface area contributed by atoms with Crippen LogP contribution in [-0.4, -0.2) is 49.1 Å². The van der Waals surface area contributed by atoms with Crippen LogP contribution in [0, 0.1) is 5.41 Å². The monoisotopic (exact) mass is 358 g/mol. The number of hydrogen-bond acceptors (Lipinski definition) is 4. The van der Waals surface area contributed by atoms with Crippen LogP contribution < -0.4 is 5.32 Å². The molecule has 0 unspecified atom stereocenters. The van der Waals surface area contributed by atoms with Gasteiger partial charge in [0.05, 0.1) is 6.33 Å². The fraction of sp³-hybridized carbons (Fsp3) is 0.556. The molecule has 0 aromatic carbocycles. The quantitative estimate of drug-likeness (QED) is 0.903. The van der Waals surface area contributed by atoms with E-state index in [1.54, 1.807) is 42.7 Å². The number of rotatable bonds is 3. The number of amides is 2. The first-order chi connectivity index (χ1) is 12.2. The molecule has 0 spiro atoms. The van der Waals surface area contributed by atoms with Crippen LogP contribution in [0.2, 0.25) is 0 Å². The molecule has 0 atom stereocenters. The van der Waals surface area contributed by atoms with Gasteiger partial charge in [0.1, 0.15) is 5.54 Å². The molecule has 1 aliphatic heterocycles. The Morgan fingerprint density at radius 1 is 1.19 bits per heavy atom. The van der Waals surface area contributed by atoms with E-state index < -0.39 is 11.0 Å². The maximum Gasteiger partial charge on any atom is 0.251 e. The van der Waals surface area contributed by atoms with Crippen molar-refractivity contribution in [1.82, 2.24) is 24.2 Å². The normalized spacial score (nSPS) is 17.2. The molecular weight excluding hydrogens is 332 g/mol. The van der Waals surface area contributed by atoms with Crippen molar-refractivity contribution in [2.75, 3.05) is 18.4 Å². The van der Waals surface area contributed by atoms with Crippen LogP contribution in [0.15, 0.2) is 31.0 Å². The predicted octanol–water partition coefficient (Wildman–Crippen LogP) is 1.62. The zero-order chi connectivity index (χ0) is 18.9. The summed E-state index contributed by atoms with van der Waals surface area (Å²) < 4.78 is 3.49. The van der Waals surface area contributed by atoms with Crippen molar-refractivity contribution in [3.05, 3.63) is 31.0 Å². The number of nitrogens with zero attached hydrogens (tertiary/aromatic N) is 5. The lowest BCUT2D eigenvalue weighted by molar-refractivity contribution is -0.144. The molecule has 2 aromatic heterocycles. The first-order valence-corrected chi connectivity index (χ1v) is 8.81. The van der Waals surface area contributed by atoms with Crippen LogP contribution in [0.5, 0.6) is 0 Å². The zero-order valence-electron chi connectivity index (χ0n) is 15.8. The van der Waals surface area contributed by atoms with Gasteiger partial charge in [0.15, 0.2) is 5.82 Å². The van der Waals surface area contributed by atoms with Gasteiger partial charge in [-0.2, -0.15) is 5.10 Å². The van der Waals surface area contributed by atoms with E-state index in [2.05, 4.69) is 15.4 Å². The van der Waals surface area contributed by atoms with Crippen molar-refractivity contribution in [1.29, 1.82) is 0 Å². The molecule has 1 saturated heterocycles. The fourth-order valence-electron chi connectivity index (χ4n) is 3.38. The van der Waals surface area contributed by atoms with Crippen LogP contribution >= 0.6 is 0 Å². The minimum atomic E-state index is -0.775. The van der Waals surface area contributed by atoms with Gasteiger partial charge in [0.2, 0.25) is 5.91 Å². The van der Waals surface area contributed by atoms with Gasteiger partial charge < -0.3 is 14.8 Å². The summed E-state index contributed by atoms with van der Waals surface area (Å²) in [4.78, 5) is 31.7. The topological polar surface area (TPSA) is 85.0 Å². The fourth-order valence-corrected chi connectivity index (χ4v) is 3.38. The number of hydrogen-bond donors (Lipinski definition) is 1. The third-order valence-corrected chi connectivity index (χ3v) is 4.90. The molecule has 1 N–H and O–H groups in total. The van der Waals surface area contributed by atoms with Crippen LogP contribution in [0.1, 0.15) is 33.6 Å². The maximum absolute atomic E-state index is 13.2. The zero-order valence-corrected chi connectivity index (χ0v) is 15.8. The van der Waals surface area contributed by atoms with Crippen molar-refractivity contribution < 1.29 is 9.59 Å². The smallest absolute Gasteiger partial charge is 0.251 e. The molecule has 3 heterocycles. The number of aromatic nitrogens is 4. The van der Waals surface area contributed by atoms with Crippen LogP contribution in [0.4, 0.5) is 5.82 Å². The van der Waals surface area contributed by atoms with Crippen molar-refractivity contribution in [2.45, 2.75) is 39.2 Å². The molecular formula is C18H26N6O2. The lowest BCUT2D eigenvalue weighted by atomic mass is 9.84. The van der Waals surface area contributed by atoms with Crippen LogP contribution in [0.25, 0.3) is 0 Å². The first kappa shape index (κ1) is 18.2. The van der Waals surface area contributed by atoms with Crippen molar-refractivity contribution in [3.8, 4) is 0 Å². The lowest BCUT2D eigenvalue weighted by Gasteiger charge is -2.42. The average Bonchev–Trinajstić information content (AvgIpc) is 3.25. The van der Waals surface area contributed by atoms with Crippen LogP contribution in [-0.2, 0) is 22.2 Å². The molecule has 8 heteroatoms. The van der Waals surface area contributed by atoms with Gasteiger partial charge in [0.25, 0.3) is 5.91 Å². The Balaban J connectivity index is 1.81. The molecule has 0 radical (unpaired) electrons. The molecule has 2 amide bonds. The molecule has 0 aliphatic carbocycles. The predicted molar refractivity (Wildman–Crippen MR) is 97.3 cm³/mol. The van der Waals surface area contributed by atoms with Crippen molar-refractivity contribution in [3.63, 3.8) is 0 Å². The van der Waals surface area contributed by atoms with E-state index in [1.165, 1.54) is 0 Å². The number of anilines is 1. The minimum Gasteiger partial charge on any atom is -0.342 e. The summed E-state index contributed by atoms with van der Waals surface area (Å²) in [5.74, 6) is 0.504. The highest BCUT2D eigenvalue weighted by Crippen LogP contribution is 2.33. The molecule has 140 valence electrons. The number of likely N-dealkylation sites (tertiary alicyclic amines) is 1. The van der Waals surface area contributed by atoms with Gasteiger partial charge >= 0.3 is 0 Å². The standard InChI is InChI=1S/C18H26N6O2/c1-17(2,3)16(26)23-10-6-18(7-11-23,24-12-8-19-13-24)15(25)20-14-5-9-22(4)21-14/h5,8-9,12-13H,6-7,10-11H2,1-4H3,(H,20,21,25). The summed E-state index contributed by atoms with van der Waals surface area (Å²) in [7, 11) is 1.80. The summed E-state index contributed by atoms with van der Waals surface area (Å²) in [5, 5.41) is 7.14. The Morgan fingerprint density at radius 3 is 2.38 bits per heavy atom. The minimum absolute atomic E-state index is 0.113. The summed E-state index contributed by atoms with van der Waals surface area (Å²) in [6.07, 6.45) is 7.98. The second-order valence-corrected chi connectivity index (χ2v) is 7.87. The summed E-state index contributed by atoms with van der Waals surface area (Å²) >= 11 is 0.